The number of ether oxygens (including phenoxy) is 1. The number of carbonyl (C=O) groups excluding carboxylic acids is 2. The smallest absolute Gasteiger partial charge is 0.333 e. The second kappa shape index (κ2) is 12.8. The molecule has 7 rings (SSSR count). The molecule has 0 radical (unpaired) electrons. The molecule has 1 fully saturated rings. The van der Waals surface area contributed by atoms with Crippen molar-refractivity contribution in [1.82, 2.24) is 29.5 Å². The van der Waals surface area contributed by atoms with Gasteiger partial charge in [-0.2, -0.15) is 10.2 Å². The Morgan fingerprint density at radius 3 is 2.56 bits per heavy atom. The van der Waals surface area contributed by atoms with Crippen molar-refractivity contribution in [3.63, 3.8) is 0 Å². The van der Waals surface area contributed by atoms with Crippen LogP contribution in [0.3, 0.4) is 0 Å². The maximum atomic E-state index is 15.2. The summed E-state index contributed by atoms with van der Waals surface area (Å²) in [5.41, 5.74) is 3.11. The van der Waals surface area contributed by atoms with Gasteiger partial charge in [-0.05, 0) is 92.9 Å². The number of fused-ring (bicyclic) bond motifs is 1. The van der Waals surface area contributed by atoms with Gasteiger partial charge in [-0.3, -0.25) is 18.7 Å². The minimum atomic E-state index is -0.589. The van der Waals surface area contributed by atoms with Crippen molar-refractivity contribution in [2.75, 3.05) is 0 Å². The predicted octanol–water partition coefficient (Wildman–Crippen LogP) is 5.82. The van der Waals surface area contributed by atoms with Crippen molar-refractivity contribution >= 4 is 27.7 Å². The first kappa shape index (κ1) is 31.5. The van der Waals surface area contributed by atoms with E-state index in [-0.39, 0.29) is 48.9 Å². The first-order valence-corrected chi connectivity index (χ1v) is 16.5. The van der Waals surface area contributed by atoms with Gasteiger partial charge >= 0.3 is 5.69 Å². The molecule has 0 saturated heterocycles. The fourth-order valence-electron chi connectivity index (χ4n) is 6.03. The van der Waals surface area contributed by atoms with Gasteiger partial charge < -0.3 is 15.0 Å². The van der Waals surface area contributed by atoms with E-state index < -0.39 is 17.4 Å². The lowest BCUT2D eigenvalue weighted by Gasteiger charge is -2.34. The summed E-state index contributed by atoms with van der Waals surface area (Å²) >= 11 is 3.49. The molecule has 10 nitrogen and oxygen atoms in total. The van der Waals surface area contributed by atoms with Gasteiger partial charge in [0.25, 0.3) is 11.8 Å². The van der Waals surface area contributed by atoms with Gasteiger partial charge in [0.2, 0.25) is 0 Å². The summed E-state index contributed by atoms with van der Waals surface area (Å²) in [6.45, 7) is 3.82. The van der Waals surface area contributed by atoms with Crippen LogP contribution < -0.4 is 15.7 Å². The number of carbonyl (C=O) groups is 2. The third-order valence-corrected chi connectivity index (χ3v) is 9.63. The summed E-state index contributed by atoms with van der Waals surface area (Å²) in [5.74, 6) is -0.640. The molecule has 1 aliphatic carbocycles. The third-order valence-electron chi connectivity index (χ3n) is 8.74. The fourth-order valence-corrected chi connectivity index (χ4v) is 6.28. The second-order valence-corrected chi connectivity index (χ2v) is 13.0. The van der Waals surface area contributed by atoms with Crippen LogP contribution in [-0.2, 0) is 19.6 Å². The highest BCUT2D eigenvalue weighted by atomic mass is 79.9. The van der Waals surface area contributed by atoms with Crippen LogP contribution in [0.5, 0.6) is 5.75 Å². The van der Waals surface area contributed by atoms with Gasteiger partial charge in [0.15, 0.2) is 0 Å². The molecule has 48 heavy (non-hydrogen) atoms. The van der Waals surface area contributed by atoms with E-state index in [0.717, 1.165) is 22.9 Å². The molecule has 12 heteroatoms. The number of benzene rings is 3. The Labute approximate surface area is 284 Å². The molecule has 2 amide bonds. The fraction of sp³-hybridized carbons (Fsp3) is 0.250. The summed E-state index contributed by atoms with van der Waals surface area (Å²) in [5, 5.41) is 10.9. The lowest BCUT2D eigenvalue weighted by Crippen LogP contribution is -2.47. The molecule has 0 unspecified atom stereocenters. The Kier molecular flexibility index (Phi) is 8.42. The molecule has 5 aromatic rings. The Morgan fingerprint density at radius 1 is 1.06 bits per heavy atom. The van der Waals surface area contributed by atoms with Crippen molar-refractivity contribution in [2.24, 2.45) is 0 Å². The number of halogens is 2. The molecule has 0 bridgehead atoms. The van der Waals surface area contributed by atoms with E-state index in [0.29, 0.717) is 34.0 Å². The Balaban J connectivity index is 1.27. The Hall–Kier alpha value is -5.10. The first-order valence-electron chi connectivity index (χ1n) is 15.7. The average Bonchev–Trinajstić information content (AvgIpc) is 3.87. The number of imidazole rings is 1. The molecular weight excluding hydrogens is 679 g/mol. The summed E-state index contributed by atoms with van der Waals surface area (Å²) in [7, 11) is 0. The maximum Gasteiger partial charge on any atom is 0.333 e. The molecule has 3 heterocycles. The Bertz CT molecular complexity index is 2090. The zero-order valence-electron chi connectivity index (χ0n) is 26.3. The van der Waals surface area contributed by atoms with Crippen LogP contribution in [0.4, 0.5) is 4.39 Å². The molecule has 3 aromatic carbocycles. The van der Waals surface area contributed by atoms with E-state index in [1.165, 1.54) is 16.8 Å². The van der Waals surface area contributed by atoms with Gasteiger partial charge in [-0.15, -0.1) is 0 Å². The van der Waals surface area contributed by atoms with Crippen LogP contribution >= 0.6 is 15.9 Å². The van der Waals surface area contributed by atoms with Gasteiger partial charge in [-0.25, -0.2) is 9.18 Å². The average molecular weight is 712 g/mol. The highest BCUT2D eigenvalue weighted by Crippen LogP contribution is 2.30. The monoisotopic (exact) mass is 710 g/mol. The minimum Gasteiger partial charge on any atom is -0.490 e. The van der Waals surface area contributed by atoms with Crippen LogP contribution in [0.2, 0.25) is 0 Å². The number of hydrogen-bond donors (Lipinski definition) is 1. The van der Waals surface area contributed by atoms with Crippen molar-refractivity contribution in [2.45, 2.75) is 58.5 Å². The lowest BCUT2D eigenvalue weighted by molar-refractivity contribution is 0.0610. The molecule has 1 saturated carbocycles. The number of rotatable bonds is 8. The molecule has 1 aliphatic heterocycles. The number of nitrogens with zero attached hydrogens (tertiary/aromatic N) is 5. The third kappa shape index (κ3) is 6.03. The first-order chi connectivity index (χ1) is 23.2. The van der Waals surface area contributed by atoms with E-state index >= 15 is 4.39 Å². The van der Waals surface area contributed by atoms with Crippen LogP contribution in [0.25, 0.3) is 16.9 Å². The summed E-state index contributed by atoms with van der Waals surface area (Å²) in [6.07, 6.45) is 3.74. The van der Waals surface area contributed by atoms with E-state index in [2.05, 4.69) is 31.4 Å². The quantitative estimate of drug-likeness (QED) is 0.217. The van der Waals surface area contributed by atoms with Gasteiger partial charge in [-0.1, -0.05) is 28.1 Å². The number of aromatic nitrogens is 4. The Morgan fingerprint density at radius 2 is 1.85 bits per heavy atom. The summed E-state index contributed by atoms with van der Waals surface area (Å²) in [6, 6.07) is 20.1. The molecule has 2 aromatic heterocycles. The molecule has 1 atom stereocenters. The van der Waals surface area contributed by atoms with Gasteiger partial charge in [0.05, 0.1) is 29.7 Å². The van der Waals surface area contributed by atoms with Crippen molar-refractivity contribution in [3.8, 4) is 22.7 Å². The molecular formula is C36H32BrFN6O4. The van der Waals surface area contributed by atoms with Crippen molar-refractivity contribution in [3.05, 3.63) is 128 Å². The molecule has 244 valence electrons. The topological polar surface area (TPSA) is 111 Å². The normalized spacial score (nSPS) is 15.6. The predicted molar refractivity (Wildman–Crippen MR) is 180 cm³/mol. The molecule has 1 N–H and O–H groups in total. The van der Waals surface area contributed by atoms with Gasteiger partial charge in [0, 0.05) is 46.5 Å². The van der Waals surface area contributed by atoms with Crippen LogP contribution in [0.15, 0.2) is 88.3 Å². The van der Waals surface area contributed by atoms with E-state index in [4.69, 9.17) is 4.74 Å². The SMILES string of the molecule is Cc1cc(C(=O)N2Cc3c(C(=O)NCc4c(F)cccc4-c4cccnn4)n(-c4ccc(OC5CC5)cc4)c(=O)n3C[C@H]2C)ccc1Br. The zero-order valence-corrected chi connectivity index (χ0v) is 27.9. The highest BCUT2D eigenvalue weighted by Gasteiger charge is 2.35. The number of amides is 2. The highest BCUT2D eigenvalue weighted by molar-refractivity contribution is 9.10. The summed E-state index contributed by atoms with van der Waals surface area (Å²) < 4.78 is 24.9. The van der Waals surface area contributed by atoms with Gasteiger partial charge in [0.1, 0.15) is 17.3 Å². The number of nitrogens with one attached hydrogen (secondary N) is 1. The minimum absolute atomic E-state index is 0.0214. The maximum absolute atomic E-state index is 15.2. The van der Waals surface area contributed by atoms with Crippen LogP contribution in [0.1, 0.15) is 57.4 Å². The van der Waals surface area contributed by atoms with Crippen LogP contribution in [0, 0.1) is 12.7 Å². The molecule has 2 aliphatic rings. The molecule has 0 spiro atoms. The van der Waals surface area contributed by atoms with Crippen molar-refractivity contribution < 1.29 is 18.7 Å². The van der Waals surface area contributed by atoms with Crippen LogP contribution in [-0.4, -0.2) is 48.2 Å². The summed E-state index contributed by atoms with van der Waals surface area (Å²) in [4.78, 5) is 43.8. The largest absolute Gasteiger partial charge is 0.490 e. The van der Waals surface area contributed by atoms with E-state index in [1.807, 2.05) is 26.0 Å². The van der Waals surface area contributed by atoms with E-state index in [1.54, 1.807) is 64.1 Å². The lowest BCUT2D eigenvalue weighted by atomic mass is 10.0. The van der Waals surface area contributed by atoms with Crippen molar-refractivity contribution in [1.29, 1.82) is 0 Å². The number of hydrogen-bond acceptors (Lipinski definition) is 6. The van der Waals surface area contributed by atoms with E-state index in [9.17, 15) is 14.4 Å². The zero-order chi connectivity index (χ0) is 33.5. The number of aryl methyl sites for hydroxylation is 1. The second-order valence-electron chi connectivity index (χ2n) is 12.1. The standard InChI is InChI=1S/C36H32BrFN6O4/c1-21-17-23(8-15-29(21)37)35(46)42-20-32-33(34(45)39-18-28-27(5-3-6-30(28)38)31-7-4-16-40-41-31)44(36(47)43(32)19-22(42)2)24-9-11-25(12-10-24)48-26-13-14-26/h3-12,15-17,22,26H,13-14,18-20H2,1-2H3,(H,39,45)/t22-/m1/s1.